The number of ether oxygens (including phenoxy) is 1. The summed E-state index contributed by atoms with van der Waals surface area (Å²) in [5.41, 5.74) is 1.01. The second kappa shape index (κ2) is 10.8. The van der Waals surface area contributed by atoms with Gasteiger partial charge in [-0.15, -0.1) is 0 Å². The number of nitrogens with zero attached hydrogens (tertiary/aromatic N) is 1. The lowest BCUT2D eigenvalue weighted by molar-refractivity contribution is -0.127. The first kappa shape index (κ1) is 21.1. The fourth-order valence-electron chi connectivity index (χ4n) is 3.40. The minimum Gasteiger partial charge on any atom is -0.484 e. The van der Waals surface area contributed by atoms with Gasteiger partial charge in [-0.25, -0.2) is 0 Å². The molecule has 7 heteroatoms. The van der Waals surface area contributed by atoms with Gasteiger partial charge in [-0.05, 0) is 49.7 Å². The molecule has 1 atom stereocenters. The monoisotopic (exact) mass is 415 g/mol. The lowest BCUT2D eigenvalue weighted by atomic mass is 10.1. The van der Waals surface area contributed by atoms with Gasteiger partial charge in [0.05, 0.1) is 12.6 Å². The molecule has 1 unspecified atom stereocenters. The number of carbonyl (C=O) groups excluding carboxylic acids is 2. The van der Waals surface area contributed by atoms with E-state index < -0.39 is 0 Å². The van der Waals surface area contributed by atoms with Crippen LogP contribution in [0.3, 0.4) is 0 Å². The molecule has 2 N–H and O–H groups in total. The summed E-state index contributed by atoms with van der Waals surface area (Å²) in [6, 6.07) is 16.8. The second-order valence-corrected chi connectivity index (χ2v) is 7.37. The van der Waals surface area contributed by atoms with E-state index in [0.29, 0.717) is 17.3 Å². The van der Waals surface area contributed by atoms with E-state index in [1.54, 1.807) is 12.1 Å². The molecule has 1 aliphatic rings. The highest BCUT2D eigenvalue weighted by Gasteiger charge is 2.25. The zero-order valence-electron chi connectivity index (χ0n) is 16.3. The van der Waals surface area contributed by atoms with E-state index in [9.17, 15) is 9.59 Å². The van der Waals surface area contributed by atoms with Gasteiger partial charge in [-0.3, -0.25) is 14.5 Å². The van der Waals surface area contributed by atoms with Crippen molar-refractivity contribution in [3.8, 4) is 5.75 Å². The van der Waals surface area contributed by atoms with E-state index >= 15 is 0 Å². The van der Waals surface area contributed by atoms with E-state index in [1.807, 2.05) is 42.5 Å². The summed E-state index contributed by atoms with van der Waals surface area (Å²) in [4.78, 5) is 26.5. The molecule has 2 amide bonds. The third-order valence-electron chi connectivity index (χ3n) is 4.90. The van der Waals surface area contributed by atoms with Crippen molar-refractivity contribution in [2.75, 3.05) is 32.8 Å². The number of nitrogens with one attached hydrogen (secondary N) is 2. The Morgan fingerprint density at radius 3 is 2.38 bits per heavy atom. The average Bonchev–Trinajstić information content (AvgIpc) is 3.27. The Kier molecular flexibility index (Phi) is 7.90. The van der Waals surface area contributed by atoms with Crippen LogP contribution in [0.15, 0.2) is 54.6 Å². The van der Waals surface area contributed by atoms with Gasteiger partial charge in [-0.2, -0.15) is 0 Å². The Morgan fingerprint density at radius 2 is 1.66 bits per heavy atom. The summed E-state index contributed by atoms with van der Waals surface area (Å²) in [6.45, 7) is 2.19. The van der Waals surface area contributed by atoms with Crippen molar-refractivity contribution in [2.45, 2.75) is 18.9 Å². The minimum atomic E-state index is -0.341. The van der Waals surface area contributed by atoms with Crippen LogP contribution in [0.2, 0.25) is 5.02 Å². The predicted octanol–water partition coefficient (Wildman–Crippen LogP) is 2.79. The Hall–Kier alpha value is -2.57. The topological polar surface area (TPSA) is 70.7 Å². The predicted molar refractivity (Wildman–Crippen MR) is 113 cm³/mol. The molecule has 0 aliphatic carbocycles. The van der Waals surface area contributed by atoms with Gasteiger partial charge in [0.1, 0.15) is 5.75 Å². The van der Waals surface area contributed by atoms with Gasteiger partial charge in [0, 0.05) is 11.6 Å². The molecule has 3 rings (SSSR count). The van der Waals surface area contributed by atoms with Gasteiger partial charge < -0.3 is 15.4 Å². The number of rotatable bonds is 9. The van der Waals surface area contributed by atoms with Gasteiger partial charge in [0.15, 0.2) is 6.61 Å². The maximum Gasteiger partial charge on any atom is 0.258 e. The largest absolute Gasteiger partial charge is 0.484 e. The molecule has 6 nitrogen and oxygen atoms in total. The molecule has 0 bridgehead atoms. The van der Waals surface area contributed by atoms with Gasteiger partial charge >= 0.3 is 0 Å². The fourth-order valence-corrected chi connectivity index (χ4v) is 3.66. The van der Waals surface area contributed by atoms with Crippen LogP contribution in [0.5, 0.6) is 5.75 Å². The quantitative estimate of drug-likeness (QED) is 0.660. The molecule has 0 spiro atoms. The van der Waals surface area contributed by atoms with Crippen LogP contribution in [0.25, 0.3) is 0 Å². The van der Waals surface area contributed by atoms with Crippen molar-refractivity contribution in [2.24, 2.45) is 0 Å². The molecular weight excluding hydrogens is 390 g/mol. The van der Waals surface area contributed by atoms with Gasteiger partial charge in [0.25, 0.3) is 5.91 Å². The summed E-state index contributed by atoms with van der Waals surface area (Å²) < 4.78 is 5.37. The molecule has 1 aliphatic heterocycles. The Labute approximate surface area is 176 Å². The number of para-hydroxylation sites is 1. The Bertz CT molecular complexity index is 810. The fraction of sp³-hybridized carbons (Fsp3) is 0.364. The smallest absolute Gasteiger partial charge is 0.258 e. The van der Waals surface area contributed by atoms with Crippen LogP contribution in [-0.2, 0) is 9.59 Å². The number of carbonyl (C=O) groups is 2. The van der Waals surface area contributed by atoms with E-state index in [1.165, 1.54) is 0 Å². The van der Waals surface area contributed by atoms with Crippen molar-refractivity contribution in [3.63, 3.8) is 0 Å². The number of amides is 2. The number of hydrogen-bond acceptors (Lipinski definition) is 4. The minimum absolute atomic E-state index is 0.0206. The zero-order valence-corrected chi connectivity index (χ0v) is 17.0. The molecule has 1 saturated heterocycles. The first-order valence-corrected chi connectivity index (χ1v) is 10.2. The number of halogens is 1. The molecule has 2 aromatic carbocycles. The van der Waals surface area contributed by atoms with Gasteiger partial charge in [0.2, 0.25) is 5.91 Å². The van der Waals surface area contributed by atoms with Crippen LogP contribution in [0, 0.1) is 0 Å². The lowest BCUT2D eigenvalue weighted by Gasteiger charge is -2.29. The molecule has 1 heterocycles. The van der Waals surface area contributed by atoms with E-state index in [0.717, 1.165) is 31.5 Å². The van der Waals surface area contributed by atoms with Gasteiger partial charge in [-0.1, -0.05) is 48.0 Å². The summed E-state index contributed by atoms with van der Waals surface area (Å²) in [5, 5.41) is 6.20. The molecule has 1 fully saturated rings. The highest BCUT2D eigenvalue weighted by molar-refractivity contribution is 6.31. The SMILES string of the molecule is O=C(CNC(=O)COc1ccccc1)NCC(c1ccccc1Cl)N1CCCC1. The maximum atomic E-state index is 12.2. The van der Waals surface area contributed by atoms with Crippen LogP contribution < -0.4 is 15.4 Å². The van der Waals surface area contributed by atoms with E-state index in [4.69, 9.17) is 16.3 Å². The number of likely N-dealkylation sites (tertiary alicyclic amines) is 1. The van der Waals surface area contributed by atoms with Crippen molar-refractivity contribution < 1.29 is 14.3 Å². The average molecular weight is 416 g/mol. The Balaban J connectivity index is 1.46. The van der Waals surface area contributed by atoms with Crippen LogP contribution >= 0.6 is 11.6 Å². The normalized spacial score (nSPS) is 14.9. The standard InChI is InChI=1S/C22H26ClN3O3/c23-19-11-5-4-10-18(19)20(26-12-6-7-13-26)14-24-21(27)15-25-22(28)16-29-17-8-2-1-3-9-17/h1-5,8-11,20H,6-7,12-16H2,(H,24,27)(H,25,28). The summed E-state index contributed by atoms with van der Waals surface area (Å²) in [7, 11) is 0. The molecule has 29 heavy (non-hydrogen) atoms. The van der Waals surface area contributed by atoms with Crippen LogP contribution in [-0.4, -0.2) is 49.5 Å². The highest BCUT2D eigenvalue weighted by atomic mass is 35.5. The van der Waals surface area contributed by atoms with Crippen molar-refractivity contribution >= 4 is 23.4 Å². The van der Waals surface area contributed by atoms with Crippen LogP contribution in [0.1, 0.15) is 24.4 Å². The first-order chi connectivity index (χ1) is 14.1. The maximum absolute atomic E-state index is 12.2. The Morgan fingerprint density at radius 1 is 0.966 bits per heavy atom. The molecule has 154 valence electrons. The van der Waals surface area contributed by atoms with E-state index in [2.05, 4.69) is 15.5 Å². The molecular formula is C22H26ClN3O3. The lowest BCUT2D eigenvalue weighted by Crippen LogP contribution is -2.42. The third-order valence-corrected chi connectivity index (χ3v) is 5.24. The molecule has 0 aromatic heterocycles. The highest BCUT2D eigenvalue weighted by Crippen LogP contribution is 2.29. The van der Waals surface area contributed by atoms with Crippen molar-refractivity contribution in [1.29, 1.82) is 0 Å². The third kappa shape index (κ3) is 6.48. The van der Waals surface area contributed by atoms with Crippen LogP contribution in [0.4, 0.5) is 0 Å². The van der Waals surface area contributed by atoms with Crippen molar-refractivity contribution in [3.05, 3.63) is 65.2 Å². The first-order valence-electron chi connectivity index (χ1n) is 9.83. The molecule has 0 radical (unpaired) electrons. The zero-order chi connectivity index (χ0) is 20.5. The number of benzene rings is 2. The van der Waals surface area contributed by atoms with E-state index in [-0.39, 0.29) is 31.0 Å². The number of hydrogen-bond donors (Lipinski definition) is 2. The summed E-state index contributed by atoms with van der Waals surface area (Å²) >= 11 is 6.39. The molecule has 2 aromatic rings. The second-order valence-electron chi connectivity index (χ2n) is 6.96. The summed E-state index contributed by atoms with van der Waals surface area (Å²) in [5.74, 6) is 0.0285. The summed E-state index contributed by atoms with van der Waals surface area (Å²) in [6.07, 6.45) is 2.29. The molecule has 0 saturated carbocycles. The van der Waals surface area contributed by atoms with Crippen molar-refractivity contribution in [1.82, 2.24) is 15.5 Å².